The topological polar surface area (TPSA) is 103 Å². The first-order valence-electron chi connectivity index (χ1n) is 6.45. The fourth-order valence-electron chi connectivity index (χ4n) is 2.39. The van der Waals surface area contributed by atoms with Crippen molar-refractivity contribution in [2.24, 2.45) is 0 Å². The lowest BCUT2D eigenvalue weighted by molar-refractivity contribution is -0.0498. The van der Waals surface area contributed by atoms with Crippen LogP contribution in [0.4, 0.5) is 14.6 Å². The number of imide groups is 1. The third-order valence-electron chi connectivity index (χ3n) is 3.33. The van der Waals surface area contributed by atoms with Crippen molar-refractivity contribution >= 4 is 29.2 Å². The number of fused-ring (bicyclic) bond motifs is 1. The molecule has 124 valence electrons. The van der Waals surface area contributed by atoms with Crippen molar-refractivity contribution in [1.29, 1.82) is 0 Å². The summed E-state index contributed by atoms with van der Waals surface area (Å²) in [7, 11) is 0. The van der Waals surface area contributed by atoms with Crippen molar-refractivity contribution in [2.75, 3.05) is 5.73 Å². The summed E-state index contributed by atoms with van der Waals surface area (Å²) < 4.78 is 30.3. The molecule has 0 saturated carbocycles. The minimum atomic E-state index is -3.15. The Kier molecular flexibility index (Phi) is 3.72. The average Bonchev–Trinajstić information content (AvgIpc) is 2.76. The number of carbonyl (C=O) groups excluding carboxylic acids is 2. The van der Waals surface area contributed by atoms with E-state index in [0.29, 0.717) is 0 Å². The number of anilines is 1. The number of carbonyl (C=O) groups is 2. The number of hydrogen-bond acceptors (Lipinski definition) is 5. The first kappa shape index (κ1) is 15.9. The highest BCUT2D eigenvalue weighted by Crippen LogP contribution is 2.31. The number of benzene rings is 1. The Balaban J connectivity index is 2.31. The molecule has 0 atom stereocenters. The number of rotatable bonds is 3. The average molecular weight is 356 g/mol. The number of nitrogens with two attached hydrogens (primary N) is 1. The van der Waals surface area contributed by atoms with Crippen LogP contribution in [0, 0.1) is 0 Å². The number of nitrogens with one attached hydrogen (secondary N) is 1. The van der Waals surface area contributed by atoms with Gasteiger partial charge in [0.25, 0.3) is 17.4 Å². The Bertz CT molecular complexity index is 942. The standard InChI is InChI=1S/C14H8ClF2N3O4/c15-5-1-2-8(24-14(16)17)7(3-5)20-9(21)4-6-10(11(20)18)13(23)19-12(6)22/h1-4,14H,18H2,(H,19,22,23). The molecule has 10 heteroatoms. The lowest BCUT2D eigenvalue weighted by Crippen LogP contribution is -2.24. The molecule has 2 amide bonds. The molecule has 0 aliphatic carbocycles. The lowest BCUT2D eigenvalue weighted by Gasteiger charge is -2.16. The van der Waals surface area contributed by atoms with Crippen molar-refractivity contribution in [3.8, 4) is 11.4 Å². The maximum absolute atomic E-state index is 12.6. The maximum atomic E-state index is 12.6. The summed E-state index contributed by atoms with van der Waals surface area (Å²) in [5.41, 5.74) is 4.44. The Morgan fingerprint density at radius 3 is 2.54 bits per heavy atom. The van der Waals surface area contributed by atoms with Crippen LogP contribution >= 0.6 is 11.6 Å². The van der Waals surface area contributed by atoms with Crippen LogP contribution < -0.4 is 21.3 Å². The van der Waals surface area contributed by atoms with Gasteiger partial charge in [-0.15, -0.1) is 0 Å². The molecule has 7 nitrogen and oxygen atoms in total. The molecule has 0 fully saturated rings. The molecule has 1 aromatic carbocycles. The molecule has 3 N–H and O–H groups in total. The number of nitrogen functional groups attached to an aromatic ring is 1. The van der Waals surface area contributed by atoms with E-state index in [0.717, 1.165) is 16.7 Å². The van der Waals surface area contributed by atoms with Crippen LogP contribution in [0.2, 0.25) is 5.02 Å². The second-order valence-electron chi connectivity index (χ2n) is 4.77. The van der Waals surface area contributed by atoms with Crippen LogP contribution in [0.3, 0.4) is 0 Å². The van der Waals surface area contributed by atoms with E-state index in [2.05, 4.69) is 4.74 Å². The zero-order chi connectivity index (χ0) is 17.6. The van der Waals surface area contributed by atoms with Gasteiger partial charge in [0.15, 0.2) is 0 Å². The minimum absolute atomic E-state index is 0.124. The predicted molar refractivity (Wildman–Crippen MR) is 79.9 cm³/mol. The number of pyridine rings is 1. The fraction of sp³-hybridized carbons (Fsp3) is 0.0714. The molecule has 2 aromatic rings. The molecule has 24 heavy (non-hydrogen) atoms. The zero-order valence-corrected chi connectivity index (χ0v) is 12.4. The van der Waals surface area contributed by atoms with Crippen molar-refractivity contribution in [3.05, 3.63) is 50.8 Å². The van der Waals surface area contributed by atoms with Crippen LogP contribution in [0.15, 0.2) is 29.1 Å². The van der Waals surface area contributed by atoms with E-state index in [1.807, 2.05) is 5.32 Å². The molecule has 1 aliphatic heterocycles. The molecule has 3 rings (SSSR count). The van der Waals surface area contributed by atoms with Gasteiger partial charge in [0.1, 0.15) is 11.6 Å². The smallest absolute Gasteiger partial charge is 0.387 e. The van der Waals surface area contributed by atoms with Gasteiger partial charge in [-0.25, -0.2) is 0 Å². The summed E-state index contributed by atoms with van der Waals surface area (Å²) in [4.78, 5) is 35.7. The van der Waals surface area contributed by atoms with Gasteiger partial charge >= 0.3 is 6.61 Å². The Labute approximate surface area is 137 Å². The molecule has 0 radical (unpaired) electrons. The third-order valence-corrected chi connectivity index (χ3v) is 3.57. The zero-order valence-electron chi connectivity index (χ0n) is 11.7. The molecule has 1 aliphatic rings. The normalized spacial score (nSPS) is 13.2. The number of hydrogen-bond donors (Lipinski definition) is 2. The number of nitrogens with zero attached hydrogens (tertiary/aromatic N) is 1. The minimum Gasteiger partial charge on any atom is -0.433 e. The van der Waals surface area contributed by atoms with E-state index in [9.17, 15) is 23.2 Å². The molecular weight excluding hydrogens is 348 g/mol. The number of halogens is 3. The molecule has 0 spiro atoms. The van der Waals surface area contributed by atoms with Crippen molar-refractivity contribution in [2.45, 2.75) is 6.61 Å². The van der Waals surface area contributed by atoms with Gasteiger partial charge in [0, 0.05) is 11.1 Å². The van der Waals surface area contributed by atoms with Gasteiger partial charge in [-0.05, 0) is 18.2 Å². The summed E-state index contributed by atoms with van der Waals surface area (Å²) in [5.74, 6) is -2.31. The third kappa shape index (κ3) is 2.48. The van der Waals surface area contributed by atoms with Crippen molar-refractivity contribution in [3.63, 3.8) is 0 Å². The SMILES string of the molecule is Nc1c2c(cc(=O)n1-c1cc(Cl)ccc1OC(F)F)C(=O)NC2=O. The summed E-state index contributed by atoms with van der Waals surface area (Å²) in [5, 5.41) is 2.12. The summed E-state index contributed by atoms with van der Waals surface area (Å²) in [6.07, 6.45) is 0. The number of aromatic nitrogens is 1. The molecular formula is C14H8ClF2N3O4. The van der Waals surface area contributed by atoms with E-state index in [4.69, 9.17) is 17.3 Å². The van der Waals surface area contributed by atoms with E-state index in [-0.39, 0.29) is 33.4 Å². The largest absolute Gasteiger partial charge is 0.433 e. The first-order valence-corrected chi connectivity index (χ1v) is 6.83. The van der Waals surface area contributed by atoms with E-state index < -0.39 is 24.0 Å². The molecule has 0 bridgehead atoms. The molecule has 2 heterocycles. The summed E-state index contributed by atoms with van der Waals surface area (Å²) in [6.45, 7) is -3.15. The van der Waals surface area contributed by atoms with Gasteiger partial charge in [-0.3, -0.25) is 24.3 Å². The monoisotopic (exact) mass is 355 g/mol. The fourth-order valence-corrected chi connectivity index (χ4v) is 2.56. The summed E-state index contributed by atoms with van der Waals surface area (Å²) >= 11 is 5.84. The second-order valence-corrected chi connectivity index (χ2v) is 5.20. The van der Waals surface area contributed by atoms with Crippen LogP contribution in [0.5, 0.6) is 5.75 Å². The van der Waals surface area contributed by atoms with Gasteiger partial charge in [0.05, 0.1) is 16.8 Å². The van der Waals surface area contributed by atoms with Gasteiger partial charge in [-0.1, -0.05) is 11.6 Å². The predicted octanol–water partition coefficient (Wildman–Crippen LogP) is 1.56. The Morgan fingerprint density at radius 2 is 1.88 bits per heavy atom. The highest BCUT2D eigenvalue weighted by atomic mass is 35.5. The van der Waals surface area contributed by atoms with Crippen molar-refractivity contribution < 1.29 is 23.1 Å². The maximum Gasteiger partial charge on any atom is 0.387 e. The Hall–Kier alpha value is -2.94. The van der Waals surface area contributed by atoms with E-state index in [1.165, 1.54) is 12.1 Å². The van der Waals surface area contributed by atoms with Crippen LogP contribution in [0.25, 0.3) is 5.69 Å². The van der Waals surface area contributed by atoms with Crippen molar-refractivity contribution in [1.82, 2.24) is 9.88 Å². The Morgan fingerprint density at radius 1 is 1.17 bits per heavy atom. The summed E-state index contributed by atoms with van der Waals surface area (Å²) in [6, 6.07) is 4.48. The van der Waals surface area contributed by atoms with Gasteiger partial charge in [0.2, 0.25) is 0 Å². The molecule has 0 saturated heterocycles. The highest BCUT2D eigenvalue weighted by molar-refractivity contribution is 6.30. The second kappa shape index (κ2) is 5.60. The van der Waals surface area contributed by atoms with E-state index >= 15 is 0 Å². The van der Waals surface area contributed by atoms with Gasteiger partial charge < -0.3 is 10.5 Å². The first-order chi connectivity index (χ1) is 11.3. The molecule has 1 aromatic heterocycles. The number of ether oxygens (including phenoxy) is 1. The molecule has 0 unspecified atom stereocenters. The van der Waals surface area contributed by atoms with Crippen LogP contribution in [0.1, 0.15) is 20.7 Å². The highest BCUT2D eigenvalue weighted by Gasteiger charge is 2.32. The van der Waals surface area contributed by atoms with Crippen LogP contribution in [-0.4, -0.2) is 23.0 Å². The number of amides is 2. The lowest BCUT2D eigenvalue weighted by atomic mass is 10.1. The van der Waals surface area contributed by atoms with Gasteiger partial charge in [-0.2, -0.15) is 8.78 Å². The number of alkyl halides is 2. The van der Waals surface area contributed by atoms with Crippen LogP contribution in [-0.2, 0) is 0 Å². The quantitative estimate of drug-likeness (QED) is 0.813. The van der Waals surface area contributed by atoms with E-state index in [1.54, 1.807) is 0 Å².